The summed E-state index contributed by atoms with van der Waals surface area (Å²) >= 11 is 0. The number of aromatic hydroxyl groups is 1. The van der Waals surface area contributed by atoms with Crippen LogP contribution in [0, 0.1) is 27.7 Å². The molecule has 0 aliphatic rings. The highest BCUT2D eigenvalue weighted by atomic mass is 16.5. The molecule has 3 nitrogen and oxygen atoms in total. The number of hydrogen-bond acceptors (Lipinski definition) is 3. The highest BCUT2D eigenvalue weighted by Crippen LogP contribution is 2.34. The highest BCUT2D eigenvalue weighted by molar-refractivity contribution is 5.91. The molecule has 0 saturated heterocycles. The largest absolute Gasteiger partial charge is 0.507 e. The Balaban J connectivity index is 1.95. The van der Waals surface area contributed by atoms with Gasteiger partial charge in [0.2, 0.25) is 0 Å². The monoisotopic (exact) mass is 346 g/mol. The fraction of sp³-hybridized carbons (Fsp3) is 0.174. The number of ether oxygens (including phenoxy) is 1. The molecule has 0 bridgehead atoms. The van der Waals surface area contributed by atoms with Crippen molar-refractivity contribution in [3.63, 3.8) is 0 Å². The lowest BCUT2D eigenvalue weighted by molar-refractivity contribution is 0.0732. The van der Waals surface area contributed by atoms with Crippen LogP contribution in [0.2, 0.25) is 0 Å². The van der Waals surface area contributed by atoms with E-state index in [1.807, 2.05) is 70.2 Å². The van der Waals surface area contributed by atoms with Gasteiger partial charge in [-0.2, -0.15) is 0 Å². The minimum absolute atomic E-state index is 0.329. The zero-order valence-electron chi connectivity index (χ0n) is 15.5. The number of benzene rings is 3. The van der Waals surface area contributed by atoms with E-state index in [-0.39, 0.29) is 5.97 Å². The van der Waals surface area contributed by atoms with E-state index in [0.29, 0.717) is 17.1 Å². The summed E-state index contributed by atoms with van der Waals surface area (Å²) < 4.78 is 5.64. The van der Waals surface area contributed by atoms with Crippen LogP contribution in [-0.2, 0) is 0 Å². The van der Waals surface area contributed by atoms with E-state index >= 15 is 0 Å². The first-order valence-electron chi connectivity index (χ1n) is 8.56. The molecular weight excluding hydrogens is 324 g/mol. The van der Waals surface area contributed by atoms with Gasteiger partial charge in [-0.3, -0.25) is 0 Å². The van der Waals surface area contributed by atoms with Gasteiger partial charge in [-0.25, -0.2) is 4.79 Å². The molecule has 0 spiro atoms. The number of aryl methyl sites for hydroxylation is 4. The molecule has 0 aliphatic heterocycles. The molecule has 0 radical (unpaired) electrons. The van der Waals surface area contributed by atoms with Gasteiger partial charge in [-0.15, -0.1) is 0 Å². The molecule has 0 amide bonds. The number of phenols is 1. The first kappa shape index (κ1) is 17.7. The molecule has 1 N–H and O–H groups in total. The molecule has 0 heterocycles. The zero-order chi connectivity index (χ0) is 18.8. The van der Waals surface area contributed by atoms with Gasteiger partial charge >= 0.3 is 5.97 Å². The van der Waals surface area contributed by atoms with Crippen LogP contribution in [-0.4, -0.2) is 11.1 Å². The third kappa shape index (κ3) is 3.47. The predicted octanol–water partition coefficient (Wildman–Crippen LogP) is 5.51. The molecule has 3 aromatic rings. The molecule has 3 aromatic carbocycles. The Morgan fingerprint density at radius 1 is 0.769 bits per heavy atom. The van der Waals surface area contributed by atoms with Gasteiger partial charge < -0.3 is 9.84 Å². The molecule has 0 atom stereocenters. The van der Waals surface area contributed by atoms with Crippen molar-refractivity contribution in [2.75, 3.05) is 0 Å². The second-order valence-electron chi connectivity index (χ2n) is 6.65. The van der Waals surface area contributed by atoms with Crippen molar-refractivity contribution in [3.05, 3.63) is 82.4 Å². The normalized spacial score (nSPS) is 10.6. The maximum absolute atomic E-state index is 12.4. The fourth-order valence-electron chi connectivity index (χ4n) is 3.13. The summed E-state index contributed by atoms with van der Waals surface area (Å²) in [7, 11) is 0. The number of carbonyl (C=O) groups excluding carboxylic acids is 1. The maximum Gasteiger partial charge on any atom is 0.343 e. The molecule has 0 aromatic heterocycles. The van der Waals surface area contributed by atoms with Crippen molar-refractivity contribution >= 4 is 5.97 Å². The van der Waals surface area contributed by atoms with Gasteiger partial charge in [-0.05, 0) is 97.5 Å². The van der Waals surface area contributed by atoms with Crippen LogP contribution in [0.5, 0.6) is 11.5 Å². The van der Waals surface area contributed by atoms with Crippen LogP contribution < -0.4 is 4.74 Å². The van der Waals surface area contributed by atoms with Gasteiger partial charge in [0, 0.05) is 0 Å². The summed E-state index contributed by atoms with van der Waals surface area (Å²) in [5.74, 6) is 0.561. The van der Waals surface area contributed by atoms with Gasteiger partial charge in [0.1, 0.15) is 11.5 Å². The highest BCUT2D eigenvalue weighted by Gasteiger charge is 2.14. The molecule has 26 heavy (non-hydrogen) atoms. The summed E-state index contributed by atoms with van der Waals surface area (Å²) in [6.07, 6.45) is 0. The van der Waals surface area contributed by atoms with Crippen LogP contribution in [0.15, 0.2) is 54.6 Å². The first-order chi connectivity index (χ1) is 12.4. The Kier molecular flexibility index (Phi) is 4.81. The van der Waals surface area contributed by atoms with Gasteiger partial charge in [0.05, 0.1) is 5.56 Å². The Bertz CT molecular complexity index is 926. The van der Waals surface area contributed by atoms with Crippen molar-refractivity contribution < 1.29 is 14.6 Å². The SMILES string of the molecule is Cc1cc(-c2cc(C)c(OC(=O)c3ccccc3)c(C)c2)cc(C)c1O. The molecule has 3 rings (SSSR count). The zero-order valence-corrected chi connectivity index (χ0v) is 15.5. The Morgan fingerprint density at radius 2 is 1.23 bits per heavy atom. The van der Waals surface area contributed by atoms with Gasteiger partial charge in [0.25, 0.3) is 0 Å². The Morgan fingerprint density at radius 3 is 1.73 bits per heavy atom. The Labute approximate surface area is 153 Å². The van der Waals surface area contributed by atoms with Crippen molar-refractivity contribution in [3.8, 4) is 22.6 Å². The lowest BCUT2D eigenvalue weighted by Gasteiger charge is -2.14. The van der Waals surface area contributed by atoms with Gasteiger partial charge in [-0.1, -0.05) is 18.2 Å². The Hall–Kier alpha value is -3.07. The fourth-order valence-corrected chi connectivity index (χ4v) is 3.13. The lowest BCUT2D eigenvalue weighted by Crippen LogP contribution is -2.10. The van der Waals surface area contributed by atoms with E-state index in [4.69, 9.17) is 4.74 Å². The van der Waals surface area contributed by atoms with E-state index in [1.165, 1.54) is 0 Å². The van der Waals surface area contributed by atoms with Crippen LogP contribution in [0.25, 0.3) is 11.1 Å². The molecule has 0 aliphatic carbocycles. The number of esters is 1. The minimum Gasteiger partial charge on any atom is -0.507 e. The van der Waals surface area contributed by atoms with E-state index in [0.717, 1.165) is 33.4 Å². The second kappa shape index (κ2) is 7.04. The van der Waals surface area contributed by atoms with E-state index in [1.54, 1.807) is 12.1 Å². The standard InChI is InChI=1S/C23H22O3/c1-14-10-19(11-15(2)21(14)24)20-12-16(3)22(17(4)13-20)26-23(25)18-8-6-5-7-9-18/h5-13,24H,1-4H3. The predicted molar refractivity (Wildman–Crippen MR) is 104 cm³/mol. The number of hydrogen-bond donors (Lipinski definition) is 1. The molecule has 0 fully saturated rings. The van der Waals surface area contributed by atoms with Crippen LogP contribution >= 0.6 is 0 Å². The maximum atomic E-state index is 12.4. The summed E-state index contributed by atoms with van der Waals surface area (Å²) in [6, 6.07) is 16.9. The summed E-state index contributed by atoms with van der Waals surface area (Å²) in [5, 5.41) is 9.98. The third-order valence-electron chi connectivity index (χ3n) is 4.49. The van der Waals surface area contributed by atoms with Crippen LogP contribution in [0.4, 0.5) is 0 Å². The smallest absolute Gasteiger partial charge is 0.343 e. The van der Waals surface area contributed by atoms with Crippen molar-refractivity contribution in [1.29, 1.82) is 0 Å². The average Bonchev–Trinajstić information content (AvgIpc) is 2.62. The third-order valence-corrected chi connectivity index (χ3v) is 4.49. The van der Waals surface area contributed by atoms with Crippen LogP contribution in [0.1, 0.15) is 32.6 Å². The quantitative estimate of drug-likeness (QED) is 0.502. The molecule has 3 heteroatoms. The van der Waals surface area contributed by atoms with E-state index < -0.39 is 0 Å². The minimum atomic E-state index is -0.360. The van der Waals surface area contributed by atoms with Crippen molar-refractivity contribution in [2.24, 2.45) is 0 Å². The van der Waals surface area contributed by atoms with E-state index in [2.05, 4.69) is 0 Å². The first-order valence-corrected chi connectivity index (χ1v) is 8.56. The van der Waals surface area contributed by atoms with Crippen LogP contribution in [0.3, 0.4) is 0 Å². The average molecular weight is 346 g/mol. The molecular formula is C23H22O3. The molecule has 0 saturated carbocycles. The number of carbonyl (C=O) groups is 1. The lowest BCUT2D eigenvalue weighted by atomic mass is 9.96. The summed E-state index contributed by atoms with van der Waals surface area (Å²) in [5.41, 5.74) is 6.07. The van der Waals surface area contributed by atoms with Crippen molar-refractivity contribution in [1.82, 2.24) is 0 Å². The summed E-state index contributed by atoms with van der Waals surface area (Å²) in [4.78, 5) is 12.4. The van der Waals surface area contributed by atoms with Crippen molar-refractivity contribution in [2.45, 2.75) is 27.7 Å². The van der Waals surface area contributed by atoms with Gasteiger partial charge in [0.15, 0.2) is 0 Å². The number of rotatable bonds is 3. The second-order valence-corrected chi connectivity index (χ2v) is 6.65. The molecule has 132 valence electrons. The summed E-state index contributed by atoms with van der Waals surface area (Å²) in [6.45, 7) is 7.65. The topological polar surface area (TPSA) is 46.5 Å². The molecule has 0 unspecified atom stereocenters. The van der Waals surface area contributed by atoms with E-state index in [9.17, 15) is 9.90 Å². The number of phenolic OH excluding ortho intramolecular Hbond substituents is 1.